The van der Waals surface area contributed by atoms with Crippen LogP contribution in [0.3, 0.4) is 0 Å². The first-order valence-electron chi connectivity index (χ1n) is 6.46. The zero-order valence-electron chi connectivity index (χ0n) is 12.1. The summed E-state index contributed by atoms with van der Waals surface area (Å²) in [6, 6.07) is 0.203. The third-order valence-electron chi connectivity index (χ3n) is 3.24. The minimum atomic E-state index is -0.0105. The van der Waals surface area contributed by atoms with Gasteiger partial charge < -0.3 is 10.0 Å². The predicted molar refractivity (Wildman–Crippen MR) is 79.9 cm³/mol. The fourth-order valence-electron chi connectivity index (χ4n) is 2.00. The van der Waals surface area contributed by atoms with E-state index in [1.807, 2.05) is 24.1 Å². The van der Waals surface area contributed by atoms with Crippen molar-refractivity contribution in [3.63, 3.8) is 0 Å². The van der Waals surface area contributed by atoms with Crippen molar-refractivity contribution in [2.45, 2.75) is 46.1 Å². The van der Waals surface area contributed by atoms with E-state index < -0.39 is 0 Å². The molecule has 4 nitrogen and oxygen atoms in total. The van der Waals surface area contributed by atoms with E-state index in [0.29, 0.717) is 18.0 Å². The fourth-order valence-corrected chi connectivity index (χ4v) is 3.11. The Balaban J connectivity index is 2.35. The molecule has 0 saturated heterocycles. The molecule has 0 unspecified atom stereocenters. The van der Waals surface area contributed by atoms with Gasteiger partial charge in [-0.15, -0.1) is 11.3 Å². The van der Waals surface area contributed by atoms with Gasteiger partial charge in [0.25, 0.3) is 0 Å². The van der Waals surface area contributed by atoms with Gasteiger partial charge in [0.15, 0.2) is 0 Å². The van der Waals surface area contributed by atoms with E-state index in [2.05, 4.69) is 25.8 Å². The maximum atomic E-state index is 10.1. The van der Waals surface area contributed by atoms with Crippen molar-refractivity contribution in [1.29, 1.82) is 5.41 Å². The number of nitrogens with one attached hydrogen (secondary N) is 1. The molecule has 0 spiro atoms. The number of thiazole rings is 1. The molecule has 1 aliphatic rings. The molecule has 2 rings (SSSR count). The van der Waals surface area contributed by atoms with Crippen molar-refractivity contribution in [1.82, 2.24) is 9.88 Å². The quantitative estimate of drug-likeness (QED) is 0.872. The maximum Gasteiger partial charge on any atom is 0.135 e. The molecule has 0 aromatic carbocycles. The summed E-state index contributed by atoms with van der Waals surface area (Å²) in [5.41, 5.74) is 1.58. The molecule has 0 saturated carbocycles. The van der Waals surface area contributed by atoms with Gasteiger partial charge in [0, 0.05) is 16.8 Å². The van der Waals surface area contributed by atoms with E-state index >= 15 is 0 Å². The van der Waals surface area contributed by atoms with Crippen LogP contribution in [0.4, 0.5) is 0 Å². The number of aliphatic hydroxyl groups is 1. The lowest BCUT2D eigenvalue weighted by atomic mass is 9.93. The van der Waals surface area contributed by atoms with Gasteiger partial charge in [-0.25, -0.2) is 4.98 Å². The molecule has 1 aromatic heterocycles. The van der Waals surface area contributed by atoms with Crippen LogP contribution >= 0.6 is 11.3 Å². The van der Waals surface area contributed by atoms with Gasteiger partial charge in [-0.05, 0) is 13.8 Å². The number of amidine groups is 1. The molecule has 5 heteroatoms. The van der Waals surface area contributed by atoms with Gasteiger partial charge in [-0.3, -0.25) is 5.41 Å². The summed E-state index contributed by atoms with van der Waals surface area (Å²) in [7, 11) is 0. The van der Waals surface area contributed by atoms with Crippen LogP contribution in [0.5, 0.6) is 0 Å². The first kappa shape index (κ1) is 14.1. The first-order valence-corrected chi connectivity index (χ1v) is 7.34. The monoisotopic (exact) mass is 279 g/mol. The SMILES string of the molecule is CC(C)N1CC(O)=C(c2nc(C(C)(C)C)cs2)C1=N. The lowest BCUT2D eigenvalue weighted by Gasteiger charge is -2.22. The van der Waals surface area contributed by atoms with E-state index in [1.54, 1.807) is 0 Å². The van der Waals surface area contributed by atoms with E-state index in [4.69, 9.17) is 5.41 Å². The van der Waals surface area contributed by atoms with Gasteiger partial charge in [0.05, 0.1) is 17.8 Å². The van der Waals surface area contributed by atoms with Gasteiger partial charge in [0.2, 0.25) is 0 Å². The number of aliphatic hydroxyl groups excluding tert-OH is 1. The highest BCUT2D eigenvalue weighted by atomic mass is 32.1. The van der Waals surface area contributed by atoms with Crippen LogP contribution in [0.25, 0.3) is 5.57 Å². The minimum Gasteiger partial charge on any atom is -0.510 e. The highest BCUT2D eigenvalue weighted by Gasteiger charge is 2.32. The zero-order chi connectivity index (χ0) is 14.4. The van der Waals surface area contributed by atoms with Crippen molar-refractivity contribution >= 4 is 22.7 Å². The Morgan fingerprint density at radius 2 is 2.05 bits per heavy atom. The maximum absolute atomic E-state index is 10.1. The van der Waals surface area contributed by atoms with Crippen LogP contribution in [-0.2, 0) is 5.41 Å². The summed E-state index contributed by atoms with van der Waals surface area (Å²) in [5, 5.41) is 21.1. The Morgan fingerprint density at radius 3 is 2.47 bits per heavy atom. The molecule has 2 N–H and O–H groups in total. The van der Waals surface area contributed by atoms with Crippen molar-refractivity contribution in [2.75, 3.05) is 6.54 Å². The predicted octanol–water partition coefficient (Wildman–Crippen LogP) is 3.41. The summed E-state index contributed by atoms with van der Waals surface area (Å²) in [4.78, 5) is 6.47. The molecular formula is C14H21N3OS. The molecule has 0 fully saturated rings. The van der Waals surface area contributed by atoms with Crippen LogP contribution in [-0.4, -0.2) is 33.4 Å². The molecule has 0 amide bonds. The second-order valence-electron chi connectivity index (χ2n) is 6.18. The molecule has 0 bridgehead atoms. The third-order valence-corrected chi connectivity index (χ3v) is 4.10. The van der Waals surface area contributed by atoms with Crippen molar-refractivity contribution in [3.8, 4) is 0 Å². The summed E-state index contributed by atoms with van der Waals surface area (Å²) in [6.45, 7) is 10.8. The van der Waals surface area contributed by atoms with Gasteiger partial charge in [-0.1, -0.05) is 20.8 Å². The Labute approximate surface area is 118 Å². The summed E-state index contributed by atoms with van der Waals surface area (Å²) in [5.74, 6) is 0.635. The average molecular weight is 279 g/mol. The topological polar surface area (TPSA) is 60.2 Å². The number of rotatable bonds is 2. The highest BCUT2D eigenvalue weighted by Crippen LogP contribution is 2.33. The van der Waals surface area contributed by atoms with Crippen molar-refractivity contribution in [3.05, 3.63) is 21.8 Å². The second kappa shape index (κ2) is 4.63. The molecule has 1 aromatic rings. The first-order chi connectivity index (χ1) is 8.71. The van der Waals surface area contributed by atoms with Crippen LogP contribution in [0.15, 0.2) is 11.1 Å². The van der Waals surface area contributed by atoms with E-state index in [0.717, 1.165) is 10.7 Å². The lowest BCUT2D eigenvalue weighted by molar-refractivity contribution is 0.318. The Morgan fingerprint density at radius 1 is 1.42 bits per heavy atom. The molecule has 0 aliphatic carbocycles. The van der Waals surface area contributed by atoms with E-state index in [-0.39, 0.29) is 17.2 Å². The Bertz CT molecular complexity index is 537. The average Bonchev–Trinajstić information content (AvgIpc) is 2.82. The number of aromatic nitrogens is 1. The third kappa shape index (κ3) is 2.52. The number of hydrogen-bond acceptors (Lipinski definition) is 4. The highest BCUT2D eigenvalue weighted by molar-refractivity contribution is 7.11. The summed E-state index contributed by atoms with van der Waals surface area (Å²) in [6.07, 6.45) is 0. The molecule has 2 heterocycles. The Hall–Kier alpha value is -1.36. The van der Waals surface area contributed by atoms with E-state index in [1.165, 1.54) is 11.3 Å². The Kier molecular flexibility index (Phi) is 3.43. The van der Waals surface area contributed by atoms with Gasteiger partial charge in [-0.2, -0.15) is 0 Å². The molecule has 1 aliphatic heterocycles. The smallest absolute Gasteiger partial charge is 0.135 e. The van der Waals surface area contributed by atoms with Crippen molar-refractivity contribution < 1.29 is 5.11 Å². The van der Waals surface area contributed by atoms with Crippen LogP contribution in [0, 0.1) is 5.41 Å². The minimum absolute atomic E-state index is 0.0105. The standard InChI is InChI=1S/C14H21N3OS/c1-8(2)17-6-9(18)11(12(17)15)13-16-10(7-19-13)14(3,4)5/h7-8,15,18H,6H2,1-5H3. The number of nitrogens with zero attached hydrogens (tertiary/aromatic N) is 2. The second-order valence-corrected chi connectivity index (χ2v) is 7.04. The summed E-state index contributed by atoms with van der Waals surface area (Å²) >= 11 is 1.50. The zero-order valence-corrected chi connectivity index (χ0v) is 12.9. The molecule has 19 heavy (non-hydrogen) atoms. The molecule has 0 atom stereocenters. The largest absolute Gasteiger partial charge is 0.510 e. The number of hydrogen-bond donors (Lipinski definition) is 2. The van der Waals surface area contributed by atoms with Crippen LogP contribution in [0.2, 0.25) is 0 Å². The van der Waals surface area contributed by atoms with Crippen LogP contribution in [0.1, 0.15) is 45.3 Å². The molecular weight excluding hydrogens is 258 g/mol. The summed E-state index contributed by atoms with van der Waals surface area (Å²) < 4.78 is 0. The fraction of sp³-hybridized carbons (Fsp3) is 0.571. The van der Waals surface area contributed by atoms with Crippen LogP contribution < -0.4 is 0 Å². The van der Waals surface area contributed by atoms with Crippen molar-refractivity contribution in [2.24, 2.45) is 0 Å². The normalized spacial score (nSPS) is 16.9. The van der Waals surface area contributed by atoms with E-state index in [9.17, 15) is 5.11 Å². The lowest BCUT2D eigenvalue weighted by Crippen LogP contribution is -2.33. The molecule has 0 radical (unpaired) electrons. The van der Waals surface area contributed by atoms with Gasteiger partial charge >= 0.3 is 0 Å². The molecule has 104 valence electrons. The van der Waals surface area contributed by atoms with Gasteiger partial charge in [0.1, 0.15) is 16.6 Å².